The Balaban J connectivity index is 1.17. The van der Waals surface area contributed by atoms with Crippen molar-refractivity contribution in [2.75, 3.05) is 11.5 Å². The second-order valence-electron chi connectivity index (χ2n) is 8.18. The Kier molecular flexibility index (Phi) is 9.22. The normalized spacial score (nSPS) is 13.2. The Morgan fingerprint density at radius 3 is 1.44 bits per heavy atom. The van der Waals surface area contributed by atoms with Crippen molar-refractivity contribution in [3.8, 4) is 21.1 Å². The number of nitrogens with zero attached hydrogens (tertiary/aromatic N) is 2. The molecule has 0 saturated heterocycles. The molecule has 4 rings (SSSR count). The van der Waals surface area contributed by atoms with Crippen LogP contribution in [0.2, 0.25) is 0 Å². The van der Waals surface area contributed by atoms with Crippen LogP contribution in [0.5, 0.6) is 0 Å². The summed E-state index contributed by atoms with van der Waals surface area (Å²) in [6, 6.07) is 16.8. The molecule has 178 valence electrons. The van der Waals surface area contributed by atoms with E-state index in [1.165, 1.54) is 11.1 Å². The van der Waals surface area contributed by atoms with Gasteiger partial charge in [0.05, 0.1) is 23.6 Å². The largest absolute Gasteiger partial charge is 0.390 e. The first-order chi connectivity index (χ1) is 16.5. The molecular formula is C26H28N2O2S4. The van der Waals surface area contributed by atoms with Crippen LogP contribution in [0.3, 0.4) is 0 Å². The Morgan fingerprint density at radius 1 is 0.676 bits per heavy atom. The van der Waals surface area contributed by atoms with Crippen molar-refractivity contribution in [1.82, 2.24) is 9.97 Å². The summed E-state index contributed by atoms with van der Waals surface area (Å²) in [5.74, 6) is 2.40. The molecule has 0 aliphatic heterocycles. The van der Waals surface area contributed by atoms with Crippen LogP contribution in [0.4, 0.5) is 0 Å². The SMILES string of the molecule is Cc1ccc(-c2nc(CSC[C@@H](O)[C@H](O)CSCc3csc(-c4ccc(C)cc4)n3)cs2)cc1. The van der Waals surface area contributed by atoms with E-state index in [2.05, 4.69) is 73.1 Å². The summed E-state index contributed by atoms with van der Waals surface area (Å²) in [6.07, 6.45) is -1.52. The number of aromatic nitrogens is 2. The Hall–Kier alpha value is -1.68. The van der Waals surface area contributed by atoms with Gasteiger partial charge >= 0.3 is 0 Å². The number of aliphatic hydroxyl groups is 2. The van der Waals surface area contributed by atoms with Crippen LogP contribution in [0.25, 0.3) is 21.1 Å². The molecule has 2 N–H and O–H groups in total. The fourth-order valence-electron chi connectivity index (χ4n) is 3.19. The lowest BCUT2D eigenvalue weighted by Crippen LogP contribution is -2.30. The zero-order valence-electron chi connectivity index (χ0n) is 19.2. The minimum absolute atomic E-state index is 0.480. The molecule has 0 amide bonds. The van der Waals surface area contributed by atoms with Gasteiger partial charge in [0.15, 0.2) is 0 Å². The molecule has 0 aliphatic carbocycles. The molecule has 2 heterocycles. The molecule has 2 aromatic heterocycles. The van der Waals surface area contributed by atoms with Crippen molar-refractivity contribution in [1.29, 1.82) is 0 Å². The van der Waals surface area contributed by atoms with Crippen LogP contribution in [-0.4, -0.2) is 43.9 Å². The highest BCUT2D eigenvalue weighted by atomic mass is 32.2. The third kappa shape index (κ3) is 7.16. The minimum atomic E-state index is -0.758. The van der Waals surface area contributed by atoms with Gasteiger partial charge in [-0.1, -0.05) is 59.7 Å². The Morgan fingerprint density at radius 2 is 1.06 bits per heavy atom. The van der Waals surface area contributed by atoms with Gasteiger partial charge in [0.1, 0.15) is 10.0 Å². The molecule has 0 radical (unpaired) electrons. The van der Waals surface area contributed by atoms with E-state index in [1.807, 2.05) is 0 Å². The molecule has 0 fully saturated rings. The number of hydrogen-bond acceptors (Lipinski definition) is 8. The van der Waals surface area contributed by atoms with Crippen molar-refractivity contribution in [2.45, 2.75) is 37.6 Å². The van der Waals surface area contributed by atoms with Crippen LogP contribution < -0.4 is 0 Å². The fourth-order valence-corrected chi connectivity index (χ4v) is 6.93. The van der Waals surface area contributed by atoms with Gasteiger partial charge in [0, 0.05) is 44.9 Å². The lowest BCUT2D eigenvalue weighted by Gasteiger charge is -2.16. The Bertz CT molecular complexity index is 1080. The van der Waals surface area contributed by atoms with Gasteiger partial charge in [-0.25, -0.2) is 9.97 Å². The van der Waals surface area contributed by atoms with Crippen molar-refractivity contribution >= 4 is 46.2 Å². The molecule has 0 bridgehead atoms. The number of thiazole rings is 2. The summed E-state index contributed by atoms with van der Waals surface area (Å²) in [5, 5.41) is 26.9. The van der Waals surface area contributed by atoms with E-state index in [-0.39, 0.29) is 0 Å². The lowest BCUT2D eigenvalue weighted by molar-refractivity contribution is 0.0499. The first kappa shape index (κ1) is 25.4. The van der Waals surface area contributed by atoms with Crippen molar-refractivity contribution in [2.24, 2.45) is 0 Å². The number of benzene rings is 2. The maximum Gasteiger partial charge on any atom is 0.123 e. The molecule has 0 spiro atoms. The maximum atomic E-state index is 10.4. The van der Waals surface area contributed by atoms with Gasteiger partial charge in [0.25, 0.3) is 0 Å². The number of aryl methyl sites for hydroxylation is 2. The number of thioether (sulfide) groups is 2. The zero-order chi connectivity index (χ0) is 23.9. The number of hydrogen-bond donors (Lipinski definition) is 2. The number of aliphatic hydroxyl groups excluding tert-OH is 2. The highest BCUT2D eigenvalue weighted by molar-refractivity contribution is 7.98. The predicted octanol–water partition coefficient (Wildman–Crippen LogP) is 6.44. The summed E-state index contributed by atoms with van der Waals surface area (Å²) in [6.45, 7) is 4.15. The van der Waals surface area contributed by atoms with E-state index < -0.39 is 12.2 Å². The molecule has 4 nitrogen and oxygen atoms in total. The van der Waals surface area contributed by atoms with Gasteiger partial charge in [-0.3, -0.25) is 0 Å². The standard InChI is InChI=1S/C26H28N2O2S4/c1-17-3-7-19(8-4-17)25-27-21(13-33-25)11-31-15-23(29)24(30)16-32-12-22-14-34-26(28-22)20-9-5-18(2)6-10-20/h3-10,13-14,23-24,29-30H,11-12,15-16H2,1-2H3/t23-,24-/m1/s1. The van der Waals surface area contributed by atoms with Crippen LogP contribution in [0.15, 0.2) is 59.3 Å². The van der Waals surface area contributed by atoms with E-state index in [9.17, 15) is 10.2 Å². The molecule has 0 aliphatic rings. The fraction of sp³-hybridized carbons (Fsp3) is 0.308. The summed E-state index contributed by atoms with van der Waals surface area (Å²) in [7, 11) is 0. The average Bonchev–Trinajstić information content (AvgIpc) is 3.50. The first-order valence-electron chi connectivity index (χ1n) is 11.0. The third-order valence-electron chi connectivity index (χ3n) is 5.22. The third-order valence-corrected chi connectivity index (χ3v) is 9.26. The monoisotopic (exact) mass is 528 g/mol. The first-order valence-corrected chi connectivity index (χ1v) is 15.1. The highest BCUT2D eigenvalue weighted by Gasteiger charge is 2.17. The minimum Gasteiger partial charge on any atom is -0.390 e. The van der Waals surface area contributed by atoms with E-state index in [0.29, 0.717) is 11.5 Å². The van der Waals surface area contributed by atoms with Crippen LogP contribution >= 0.6 is 46.2 Å². The van der Waals surface area contributed by atoms with Crippen LogP contribution in [0.1, 0.15) is 22.5 Å². The summed E-state index contributed by atoms with van der Waals surface area (Å²) < 4.78 is 0. The second kappa shape index (κ2) is 12.3. The molecular weight excluding hydrogens is 501 g/mol. The summed E-state index contributed by atoms with van der Waals surface area (Å²) in [5.41, 5.74) is 6.75. The smallest absolute Gasteiger partial charge is 0.123 e. The summed E-state index contributed by atoms with van der Waals surface area (Å²) >= 11 is 6.48. The Labute approximate surface area is 217 Å². The van der Waals surface area contributed by atoms with Gasteiger partial charge in [0.2, 0.25) is 0 Å². The van der Waals surface area contributed by atoms with E-state index in [1.54, 1.807) is 46.2 Å². The van der Waals surface area contributed by atoms with Crippen LogP contribution in [-0.2, 0) is 11.5 Å². The molecule has 2 aromatic carbocycles. The van der Waals surface area contributed by atoms with Gasteiger partial charge in [-0.05, 0) is 13.8 Å². The predicted molar refractivity (Wildman–Crippen MR) is 149 cm³/mol. The molecule has 0 unspecified atom stereocenters. The van der Waals surface area contributed by atoms with Crippen molar-refractivity contribution in [3.63, 3.8) is 0 Å². The van der Waals surface area contributed by atoms with Gasteiger partial charge < -0.3 is 10.2 Å². The van der Waals surface area contributed by atoms with Crippen molar-refractivity contribution < 1.29 is 10.2 Å². The highest BCUT2D eigenvalue weighted by Crippen LogP contribution is 2.27. The maximum absolute atomic E-state index is 10.4. The van der Waals surface area contributed by atoms with E-state index in [4.69, 9.17) is 9.97 Å². The van der Waals surface area contributed by atoms with Crippen molar-refractivity contribution in [3.05, 3.63) is 81.8 Å². The molecule has 34 heavy (non-hydrogen) atoms. The van der Waals surface area contributed by atoms with E-state index in [0.717, 1.165) is 44.0 Å². The summed E-state index contributed by atoms with van der Waals surface area (Å²) in [4.78, 5) is 9.41. The van der Waals surface area contributed by atoms with Gasteiger partial charge in [-0.2, -0.15) is 23.5 Å². The van der Waals surface area contributed by atoms with E-state index >= 15 is 0 Å². The lowest BCUT2D eigenvalue weighted by atomic mass is 10.2. The second-order valence-corrected chi connectivity index (χ2v) is 12.0. The number of rotatable bonds is 11. The van der Waals surface area contributed by atoms with Gasteiger partial charge in [-0.15, -0.1) is 22.7 Å². The van der Waals surface area contributed by atoms with Crippen LogP contribution in [0, 0.1) is 13.8 Å². The quantitative estimate of drug-likeness (QED) is 0.234. The molecule has 8 heteroatoms. The topological polar surface area (TPSA) is 66.2 Å². The molecule has 2 atom stereocenters. The molecule has 0 saturated carbocycles. The zero-order valence-corrected chi connectivity index (χ0v) is 22.4. The molecule has 4 aromatic rings. The average molecular weight is 529 g/mol.